The highest BCUT2D eigenvalue weighted by Crippen LogP contribution is 2.23. The van der Waals surface area contributed by atoms with Crippen molar-refractivity contribution in [2.24, 2.45) is 0 Å². The van der Waals surface area contributed by atoms with Crippen LogP contribution < -0.4 is 10.6 Å². The second-order valence-electron chi connectivity index (χ2n) is 4.61. The van der Waals surface area contributed by atoms with Crippen LogP contribution in [-0.4, -0.2) is 42.1 Å². The molecule has 2 saturated heterocycles. The minimum Gasteiger partial charge on any atom is -0.337 e. The predicted molar refractivity (Wildman–Crippen MR) is 54.8 cm³/mol. The van der Waals surface area contributed by atoms with Crippen molar-refractivity contribution in [3.8, 4) is 0 Å². The van der Waals surface area contributed by atoms with Crippen LogP contribution in [0.1, 0.15) is 26.7 Å². The maximum Gasteiger partial charge on any atom is 0.235 e. The van der Waals surface area contributed by atoms with Crippen molar-refractivity contribution in [2.75, 3.05) is 19.6 Å². The zero-order valence-electron chi connectivity index (χ0n) is 8.97. The van der Waals surface area contributed by atoms with Gasteiger partial charge < -0.3 is 10.2 Å². The van der Waals surface area contributed by atoms with Gasteiger partial charge in [0.05, 0.1) is 12.2 Å². The first kappa shape index (κ1) is 9.93. The van der Waals surface area contributed by atoms with Gasteiger partial charge in [0.25, 0.3) is 0 Å². The Morgan fingerprint density at radius 2 is 2.00 bits per heavy atom. The molecule has 0 aliphatic carbocycles. The molecule has 0 saturated carbocycles. The molecule has 0 aromatic carbocycles. The number of amides is 1. The number of hydrogen-bond acceptors (Lipinski definition) is 3. The topological polar surface area (TPSA) is 44.4 Å². The third kappa shape index (κ3) is 1.77. The molecule has 0 bridgehead atoms. The van der Waals surface area contributed by atoms with Crippen LogP contribution in [0.4, 0.5) is 0 Å². The highest BCUT2D eigenvalue weighted by molar-refractivity contribution is 5.81. The van der Waals surface area contributed by atoms with E-state index >= 15 is 0 Å². The molecule has 0 radical (unpaired) electrons. The summed E-state index contributed by atoms with van der Waals surface area (Å²) in [5.41, 5.74) is -0.0809. The molecule has 2 fully saturated rings. The standard InChI is InChI=1S/C10H19N3O/c1-8(2)13-5-3-10(4-6-13)11-7-9(14)12-10/h8,11H,3-7H2,1-2H3,(H,12,14). The Bertz CT molecular complexity index is 232. The fourth-order valence-corrected chi connectivity index (χ4v) is 2.33. The smallest absolute Gasteiger partial charge is 0.235 e. The van der Waals surface area contributed by atoms with Crippen molar-refractivity contribution in [3.05, 3.63) is 0 Å². The predicted octanol–water partition coefficient (Wildman–Crippen LogP) is -0.0937. The van der Waals surface area contributed by atoms with Crippen LogP contribution in [0.3, 0.4) is 0 Å². The Hall–Kier alpha value is -0.610. The zero-order chi connectivity index (χ0) is 10.2. The number of nitrogens with zero attached hydrogens (tertiary/aromatic N) is 1. The van der Waals surface area contributed by atoms with Crippen LogP contribution in [0.15, 0.2) is 0 Å². The van der Waals surface area contributed by atoms with E-state index in [2.05, 4.69) is 29.4 Å². The minimum absolute atomic E-state index is 0.0809. The summed E-state index contributed by atoms with van der Waals surface area (Å²) in [7, 11) is 0. The largest absolute Gasteiger partial charge is 0.337 e. The molecule has 0 aromatic rings. The van der Waals surface area contributed by atoms with Crippen LogP contribution in [0.2, 0.25) is 0 Å². The number of nitrogens with one attached hydrogen (secondary N) is 2. The molecular formula is C10H19N3O. The highest BCUT2D eigenvalue weighted by atomic mass is 16.2. The van der Waals surface area contributed by atoms with Crippen LogP contribution in [-0.2, 0) is 4.79 Å². The zero-order valence-corrected chi connectivity index (χ0v) is 8.97. The molecule has 0 aromatic heterocycles. The third-order valence-electron chi connectivity index (χ3n) is 3.35. The van der Waals surface area contributed by atoms with Gasteiger partial charge in [-0.1, -0.05) is 0 Å². The molecule has 1 spiro atoms. The lowest BCUT2D eigenvalue weighted by Crippen LogP contribution is -2.57. The maximum atomic E-state index is 11.1. The van der Waals surface area contributed by atoms with E-state index in [4.69, 9.17) is 0 Å². The Labute approximate surface area is 85.0 Å². The Kier molecular flexibility index (Phi) is 2.49. The molecule has 14 heavy (non-hydrogen) atoms. The van der Waals surface area contributed by atoms with Crippen LogP contribution >= 0.6 is 0 Å². The van der Waals surface area contributed by atoms with Crippen molar-refractivity contribution < 1.29 is 4.79 Å². The average Bonchev–Trinajstić information content (AvgIpc) is 2.48. The summed E-state index contributed by atoms with van der Waals surface area (Å²) >= 11 is 0. The van der Waals surface area contributed by atoms with Crippen molar-refractivity contribution in [2.45, 2.75) is 38.4 Å². The van der Waals surface area contributed by atoms with Gasteiger partial charge in [0, 0.05) is 19.1 Å². The van der Waals surface area contributed by atoms with Crippen molar-refractivity contribution >= 4 is 5.91 Å². The number of rotatable bonds is 1. The van der Waals surface area contributed by atoms with E-state index in [1.165, 1.54) is 0 Å². The molecule has 2 aliphatic rings. The van der Waals surface area contributed by atoms with Gasteiger partial charge in [0.1, 0.15) is 0 Å². The fourth-order valence-electron chi connectivity index (χ4n) is 2.33. The summed E-state index contributed by atoms with van der Waals surface area (Å²) in [5, 5.41) is 6.35. The molecule has 4 heteroatoms. The van der Waals surface area contributed by atoms with E-state index in [-0.39, 0.29) is 11.6 Å². The number of hydrogen-bond donors (Lipinski definition) is 2. The van der Waals surface area contributed by atoms with Gasteiger partial charge in [-0.25, -0.2) is 0 Å². The lowest BCUT2D eigenvalue weighted by molar-refractivity contribution is -0.119. The number of carbonyl (C=O) groups is 1. The molecule has 0 unspecified atom stereocenters. The molecule has 80 valence electrons. The number of likely N-dealkylation sites (tertiary alicyclic amines) is 1. The Balaban J connectivity index is 1.92. The van der Waals surface area contributed by atoms with Gasteiger partial charge >= 0.3 is 0 Å². The van der Waals surface area contributed by atoms with E-state index in [1.807, 2.05) is 0 Å². The lowest BCUT2D eigenvalue weighted by atomic mass is 9.97. The molecule has 2 aliphatic heterocycles. The average molecular weight is 197 g/mol. The molecule has 2 heterocycles. The monoisotopic (exact) mass is 197 g/mol. The van der Waals surface area contributed by atoms with E-state index in [1.54, 1.807) is 0 Å². The van der Waals surface area contributed by atoms with Crippen molar-refractivity contribution in [1.82, 2.24) is 15.5 Å². The van der Waals surface area contributed by atoms with Gasteiger partial charge in [-0.2, -0.15) is 0 Å². The van der Waals surface area contributed by atoms with Crippen molar-refractivity contribution in [3.63, 3.8) is 0 Å². The van der Waals surface area contributed by atoms with Gasteiger partial charge in [-0.05, 0) is 26.7 Å². The summed E-state index contributed by atoms with van der Waals surface area (Å²) in [5.74, 6) is 0.142. The summed E-state index contributed by atoms with van der Waals surface area (Å²) in [6.45, 7) is 7.08. The quantitative estimate of drug-likeness (QED) is 0.617. The van der Waals surface area contributed by atoms with E-state index in [0.717, 1.165) is 25.9 Å². The lowest BCUT2D eigenvalue weighted by Gasteiger charge is -2.40. The van der Waals surface area contributed by atoms with Gasteiger partial charge in [-0.3, -0.25) is 10.1 Å². The first-order valence-corrected chi connectivity index (χ1v) is 5.41. The van der Waals surface area contributed by atoms with Gasteiger partial charge in [0.15, 0.2) is 0 Å². The van der Waals surface area contributed by atoms with E-state index in [9.17, 15) is 4.79 Å². The first-order valence-electron chi connectivity index (χ1n) is 5.41. The Morgan fingerprint density at radius 3 is 2.43 bits per heavy atom. The molecule has 2 N–H and O–H groups in total. The van der Waals surface area contributed by atoms with E-state index in [0.29, 0.717) is 12.6 Å². The molecular weight excluding hydrogens is 178 g/mol. The van der Waals surface area contributed by atoms with Crippen LogP contribution in [0, 0.1) is 0 Å². The number of piperidine rings is 1. The van der Waals surface area contributed by atoms with Gasteiger partial charge in [-0.15, -0.1) is 0 Å². The summed E-state index contributed by atoms with van der Waals surface area (Å²) in [6.07, 6.45) is 2.05. The molecule has 2 rings (SSSR count). The highest BCUT2D eigenvalue weighted by Gasteiger charge is 2.39. The van der Waals surface area contributed by atoms with Gasteiger partial charge in [0.2, 0.25) is 5.91 Å². The molecule has 1 amide bonds. The second-order valence-corrected chi connectivity index (χ2v) is 4.61. The first-order chi connectivity index (χ1) is 6.61. The normalized spacial score (nSPS) is 27.2. The van der Waals surface area contributed by atoms with Crippen LogP contribution in [0.5, 0.6) is 0 Å². The molecule has 4 nitrogen and oxygen atoms in total. The van der Waals surface area contributed by atoms with Crippen molar-refractivity contribution in [1.29, 1.82) is 0 Å². The Morgan fingerprint density at radius 1 is 1.36 bits per heavy atom. The van der Waals surface area contributed by atoms with E-state index < -0.39 is 0 Å². The minimum atomic E-state index is -0.0809. The third-order valence-corrected chi connectivity index (χ3v) is 3.35. The summed E-state index contributed by atoms with van der Waals surface area (Å²) in [4.78, 5) is 13.6. The summed E-state index contributed by atoms with van der Waals surface area (Å²) < 4.78 is 0. The second kappa shape index (κ2) is 3.51. The fraction of sp³-hybridized carbons (Fsp3) is 0.900. The SMILES string of the molecule is CC(C)N1CCC2(CC1)NCC(=O)N2. The maximum absolute atomic E-state index is 11.1. The van der Waals surface area contributed by atoms with Crippen LogP contribution in [0.25, 0.3) is 0 Å². The molecule has 0 atom stereocenters. The summed E-state index contributed by atoms with van der Waals surface area (Å²) in [6, 6.07) is 0.615. The number of carbonyl (C=O) groups excluding carboxylic acids is 1.